The summed E-state index contributed by atoms with van der Waals surface area (Å²) in [5, 5.41) is 7.18. The summed E-state index contributed by atoms with van der Waals surface area (Å²) < 4.78 is 6.96. The number of hydrogen-bond donors (Lipinski definition) is 1. The first-order chi connectivity index (χ1) is 11.2. The number of anilines is 1. The maximum Gasteiger partial charge on any atom is 0.263 e. The van der Waals surface area contributed by atoms with Crippen LogP contribution in [0.15, 0.2) is 60.9 Å². The van der Waals surface area contributed by atoms with Crippen molar-refractivity contribution in [3.8, 4) is 11.6 Å². The lowest BCUT2D eigenvalue weighted by Gasteiger charge is -2.05. The van der Waals surface area contributed by atoms with Gasteiger partial charge in [0.25, 0.3) is 11.8 Å². The summed E-state index contributed by atoms with van der Waals surface area (Å²) in [5.74, 6) is 0.322. The van der Waals surface area contributed by atoms with E-state index in [-0.39, 0.29) is 18.4 Å². The Bertz CT molecular complexity index is 790. The fourth-order valence-corrected chi connectivity index (χ4v) is 2.08. The van der Waals surface area contributed by atoms with Crippen molar-refractivity contribution < 1.29 is 9.53 Å². The van der Waals surface area contributed by atoms with Gasteiger partial charge < -0.3 is 10.1 Å². The van der Waals surface area contributed by atoms with E-state index < -0.39 is 0 Å². The Labute approximate surface area is 137 Å². The number of benzene rings is 1. The van der Waals surface area contributed by atoms with Gasteiger partial charge in [-0.3, -0.25) is 4.79 Å². The normalized spacial score (nSPS) is 10.3. The third kappa shape index (κ3) is 3.87. The molecule has 1 aromatic carbocycles. The molecule has 0 bridgehead atoms. The minimum absolute atomic E-state index is 0.201. The second kappa shape index (κ2) is 6.93. The molecule has 6 nitrogen and oxygen atoms in total. The van der Waals surface area contributed by atoms with Gasteiger partial charge in [-0.15, -0.1) is 5.10 Å². The molecule has 7 heteroatoms. The lowest BCUT2D eigenvalue weighted by Crippen LogP contribution is -2.20. The number of amides is 1. The first-order valence-corrected chi connectivity index (χ1v) is 7.24. The number of halogens is 1. The summed E-state index contributed by atoms with van der Waals surface area (Å²) in [5.41, 5.74) is 0.849. The van der Waals surface area contributed by atoms with Gasteiger partial charge in [-0.2, -0.15) is 0 Å². The van der Waals surface area contributed by atoms with Crippen LogP contribution in [0, 0.1) is 0 Å². The highest BCUT2D eigenvalue weighted by molar-refractivity contribution is 6.31. The molecule has 0 aliphatic carbocycles. The number of pyridine rings is 1. The highest BCUT2D eigenvalue weighted by atomic mass is 35.5. The molecule has 116 valence electrons. The Balaban J connectivity index is 1.62. The van der Waals surface area contributed by atoms with Crippen molar-refractivity contribution >= 4 is 23.3 Å². The molecule has 1 N–H and O–H groups in total. The highest BCUT2D eigenvalue weighted by Gasteiger charge is 2.12. The molecule has 0 saturated heterocycles. The number of nitrogens with zero attached hydrogens (tertiary/aromatic N) is 3. The SMILES string of the molecule is O=C(COc1nn(-c2ccccc2)cc1Cl)Nc1ccccn1. The molecule has 0 unspecified atom stereocenters. The van der Waals surface area contributed by atoms with E-state index in [4.69, 9.17) is 16.3 Å². The van der Waals surface area contributed by atoms with Gasteiger partial charge in [0.05, 0.1) is 11.9 Å². The van der Waals surface area contributed by atoms with Crippen molar-refractivity contribution in [1.82, 2.24) is 14.8 Å². The molecular formula is C16H13ClN4O2. The zero-order valence-electron chi connectivity index (χ0n) is 12.0. The van der Waals surface area contributed by atoms with Crippen LogP contribution in [0.25, 0.3) is 5.69 Å². The number of carbonyl (C=O) groups excluding carboxylic acids is 1. The predicted octanol–water partition coefficient (Wildman–Crippen LogP) is 2.94. The van der Waals surface area contributed by atoms with E-state index in [1.807, 2.05) is 30.3 Å². The molecule has 0 radical (unpaired) electrons. The number of ether oxygens (including phenoxy) is 1. The smallest absolute Gasteiger partial charge is 0.263 e. The summed E-state index contributed by atoms with van der Waals surface area (Å²) in [6.45, 7) is -0.206. The van der Waals surface area contributed by atoms with E-state index in [2.05, 4.69) is 15.4 Å². The monoisotopic (exact) mass is 328 g/mol. The van der Waals surface area contributed by atoms with Crippen molar-refractivity contribution in [1.29, 1.82) is 0 Å². The molecule has 0 aliphatic rings. The fraction of sp³-hybridized carbons (Fsp3) is 0.0625. The third-order valence-electron chi connectivity index (χ3n) is 2.93. The molecule has 0 fully saturated rings. The molecule has 1 amide bonds. The maximum atomic E-state index is 11.8. The van der Waals surface area contributed by atoms with Gasteiger partial charge in [0.2, 0.25) is 0 Å². The zero-order valence-corrected chi connectivity index (χ0v) is 12.8. The first-order valence-electron chi connectivity index (χ1n) is 6.86. The topological polar surface area (TPSA) is 69.0 Å². The van der Waals surface area contributed by atoms with Crippen LogP contribution in [0.4, 0.5) is 5.82 Å². The Morgan fingerprint density at radius 2 is 1.96 bits per heavy atom. The molecular weight excluding hydrogens is 316 g/mol. The quantitative estimate of drug-likeness (QED) is 0.782. The van der Waals surface area contributed by atoms with Gasteiger partial charge in [-0.25, -0.2) is 9.67 Å². The van der Waals surface area contributed by atoms with Crippen LogP contribution in [0.1, 0.15) is 0 Å². The second-order valence-electron chi connectivity index (χ2n) is 4.61. The van der Waals surface area contributed by atoms with Gasteiger partial charge in [0.1, 0.15) is 10.8 Å². The van der Waals surface area contributed by atoms with Gasteiger partial charge in [-0.1, -0.05) is 35.9 Å². The average Bonchev–Trinajstić information content (AvgIpc) is 2.96. The van der Waals surface area contributed by atoms with Gasteiger partial charge in [0.15, 0.2) is 6.61 Å². The standard InChI is InChI=1S/C16H13ClN4O2/c17-13-10-21(12-6-2-1-3-7-12)20-16(13)23-11-15(22)19-14-8-4-5-9-18-14/h1-10H,11H2,(H,18,19,22). The Morgan fingerprint density at radius 1 is 1.17 bits per heavy atom. The number of nitrogens with one attached hydrogen (secondary N) is 1. The van der Waals surface area contributed by atoms with E-state index in [0.29, 0.717) is 10.8 Å². The minimum atomic E-state index is -0.339. The van der Waals surface area contributed by atoms with Crippen molar-refractivity contribution in [3.05, 3.63) is 65.9 Å². The molecule has 3 aromatic rings. The van der Waals surface area contributed by atoms with Crippen molar-refractivity contribution in [3.63, 3.8) is 0 Å². The number of hydrogen-bond acceptors (Lipinski definition) is 4. The van der Waals surface area contributed by atoms with Crippen LogP contribution < -0.4 is 10.1 Å². The Hall–Kier alpha value is -2.86. The van der Waals surface area contributed by atoms with E-state index in [1.54, 1.807) is 35.3 Å². The lowest BCUT2D eigenvalue weighted by atomic mass is 10.3. The van der Waals surface area contributed by atoms with Gasteiger partial charge in [0, 0.05) is 6.20 Å². The summed E-state index contributed by atoms with van der Waals surface area (Å²) in [6, 6.07) is 14.7. The van der Waals surface area contributed by atoms with Gasteiger partial charge in [-0.05, 0) is 24.3 Å². The fourth-order valence-electron chi connectivity index (χ4n) is 1.90. The molecule has 2 aromatic heterocycles. The van der Waals surface area contributed by atoms with Crippen LogP contribution in [-0.4, -0.2) is 27.3 Å². The molecule has 0 aliphatic heterocycles. The number of para-hydroxylation sites is 1. The van der Waals surface area contributed by atoms with Crippen LogP contribution >= 0.6 is 11.6 Å². The zero-order chi connectivity index (χ0) is 16.1. The summed E-state index contributed by atoms with van der Waals surface area (Å²) in [6.07, 6.45) is 3.22. The number of rotatable bonds is 5. The average molecular weight is 329 g/mol. The third-order valence-corrected chi connectivity index (χ3v) is 3.19. The van der Waals surface area contributed by atoms with Crippen molar-refractivity contribution in [2.45, 2.75) is 0 Å². The second-order valence-corrected chi connectivity index (χ2v) is 5.02. The first kappa shape index (κ1) is 15.1. The van der Waals surface area contributed by atoms with Crippen molar-refractivity contribution in [2.24, 2.45) is 0 Å². The lowest BCUT2D eigenvalue weighted by molar-refractivity contribution is -0.118. The minimum Gasteiger partial charge on any atom is -0.465 e. The molecule has 0 atom stereocenters. The molecule has 0 saturated carbocycles. The van der Waals surface area contributed by atoms with E-state index >= 15 is 0 Å². The van der Waals surface area contributed by atoms with Crippen LogP contribution in [0.5, 0.6) is 5.88 Å². The Morgan fingerprint density at radius 3 is 2.70 bits per heavy atom. The summed E-state index contributed by atoms with van der Waals surface area (Å²) >= 11 is 6.09. The maximum absolute atomic E-state index is 11.8. The van der Waals surface area contributed by atoms with Crippen LogP contribution in [0.2, 0.25) is 5.02 Å². The molecule has 2 heterocycles. The van der Waals surface area contributed by atoms with E-state index in [0.717, 1.165) is 5.69 Å². The molecule has 3 rings (SSSR count). The van der Waals surface area contributed by atoms with E-state index in [1.165, 1.54) is 0 Å². The van der Waals surface area contributed by atoms with Crippen LogP contribution in [-0.2, 0) is 4.79 Å². The number of aromatic nitrogens is 3. The van der Waals surface area contributed by atoms with Crippen molar-refractivity contribution in [2.75, 3.05) is 11.9 Å². The highest BCUT2D eigenvalue weighted by Crippen LogP contribution is 2.23. The van der Waals surface area contributed by atoms with Gasteiger partial charge >= 0.3 is 0 Å². The van der Waals surface area contributed by atoms with Crippen LogP contribution in [0.3, 0.4) is 0 Å². The number of carbonyl (C=O) groups is 1. The largest absolute Gasteiger partial charge is 0.465 e. The summed E-state index contributed by atoms with van der Waals surface area (Å²) in [7, 11) is 0. The molecule has 0 spiro atoms. The Kier molecular flexibility index (Phi) is 4.54. The predicted molar refractivity (Wildman–Crippen MR) is 86.9 cm³/mol. The molecule has 23 heavy (non-hydrogen) atoms. The summed E-state index contributed by atoms with van der Waals surface area (Å²) in [4.78, 5) is 15.8. The van der Waals surface area contributed by atoms with E-state index in [9.17, 15) is 4.79 Å².